The van der Waals surface area contributed by atoms with Gasteiger partial charge in [-0.15, -0.1) is 18.3 Å². The Hall–Kier alpha value is -3.74. The molecule has 0 spiro atoms. The van der Waals surface area contributed by atoms with E-state index in [1.807, 2.05) is 0 Å². The maximum atomic E-state index is 12.4. The second-order valence-corrected chi connectivity index (χ2v) is 7.44. The van der Waals surface area contributed by atoms with Crippen LogP contribution in [0.1, 0.15) is 0 Å². The van der Waals surface area contributed by atoms with Crippen LogP contribution in [0.15, 0.2) is 48.7 Å². The molecule has 0 aliphatic carbocycles. The van der Waals surface area contributed by atoms with Gasteiger partial charge < -0.3 is 9.30 Å². The molecule has 0 saturated carbocycles. The number of alkyl halides is 3. The molecule has 2 heterocycles. The zero-order chi connectivity index (χ0) is 22.2. The Bertz CT molecular complexity index is 1310. The highest BCUT2D eigenvalue weighted by Crippen LogP contribution is 2.28. The second-order valence-electron chi connectivity index (χ2n) is 6.41. The van der Waals surface area contributed by atoms with Crippen LogP contribution in [-0.2, 0) is 13.1 Å². The zero-order valence-electron chi connectivity index (χ0n) is 15.5. The van der Waals surface area contributed by atoms with Crippen LogP contribution in [0, 0.1) is 15.5 Å². The molecule has 0 bridgehead atoms. The Morgan fingerprint density at radius 3 is 2.58 bits per heavy atom. The fourth-order valence-corrected chi connectivity index (χ4v) is 3.95. The first kappa shape index (κ1) is 20.5. The first-order valence-corrected chi connectivity index (χ1v) is 9.60. The summed E-state index contributed by atoms with van der Waals surface area (Å²) in [5.41, 5.74) is 1.79. The van der Waals surface area contributed by atoms with Crippen molar-refractivity contribution >= 4 is 27.2 Å². The molecule has 0 atom stereocenters. The summed E-state index contributed by atoms with van der Waals surface area (Å²) in [6.45, 7) is 0.713. The van der Waals surface area contributed by atoms with Gasteiger partial charge in [-0.2, -0.15) is 0 Å². The zero-order valence-corrected chi connectivity index (χ0v) is 16.4. The molecule has 0 radical (unpaired) electrons. The number of nitrogens with zero attached hydrogens (tertiary/aromatic N) is 5. The highest BCUT2D eigenvalue weighted by molar-refractivity contribution is 7.16. The molecule has 4 rings (SSSR count). The number of rotatable bonds is 6. The molecule has 0 aliphatic heterocycles. The van der Waals surface area contributed by atoms with Crippen molar-refractivity contribution in [2.24, 2.45) is 0 Å². The lowest BCUT2D eigenvalue weighted by molar-refractivity contribution is -0.384. The summed E-state index contributed by atoms with van der Waals surface area (Å²) < 4.78 is 44.9. The number of hydrogen-bond donors (Lipinski definition) is 1. The van der Waals surface area contributed by atoms with E-state index in [1.165, 1.54) is 30.3 Å². The third-order valence-corrected chi connectivity index (χ3v) is 5.33. The van der Waals surface area contributed by atoms with Gasteiger partial charge in [-0.3, -0.25) is 20.2 Å². The minimum Gasteiger partial charge on any atom is -0.406 e. The standard InChI is InChI=1S/C18H13F3N6O3S/c19-18(20,21)30-13-5-6-15-16(9-13)31-17(22)26(15)8-7-25-10-14(23-24-25)11-1-3-12(4-2-11)27(28)29/h1-6,9-10,22H,7-8H2. The van der Waals surface area contributed by atoms with Crippen LogP contribution in [0.4, 0.5) is 18.9 Å². The molecule has 4 aromatic rings. The average Bonchev–Trinajstić information content (AvgIpc) is 3.28. The first-order valence-electron chi connectivity index (χ1n) is 8.78. The summed E-state index contributed by atoms with van der Waals surface area (Å²) in [7, 11) is 0. The number of thiazole rings is 1. The third-order valence-electron chi connectivity index (χ3n) is 4.37. The molecular weight excluding hydrogens is 437 g/mol. The number of hydrogen-bond acceptors (Lipinski definition) is 7. The van der Waals surface area contributed by atoms with E-state index in [1.54, 1.807) is 27.6 Å². The molecule has 2 aromatic heterocycles. The van der Waals surface area contributed by atoms with Gasteiger partial charge in [0, 0.05) is 24.2 Å². The number of non-ortho nitro benzene ring substituents is 1. The lowest BCUT2D eigenvalue weighted by Gasteiger charge is -2.09. The van der Waals surface area contributed by atoms with Gasteiger partial charge in [0.1, 0.15) is 11.4 Å². The van der Waals surface area contributed by atoms with Crippen molar-refractivity contribution in [1.29, 1.82) is 5.41 Å². The highest BCUT2D eigenvalue weighted by atomic mass is 32.1. The average molecular weight is 450 g/mol. The van der Waals surface area contributed by atoms with Crippen LogP contribution in [0.5, 0.6) is 5.75 Å². The smallest absolute Gasteiger partial charge is 0.406 e. The van der Waals surface area contributed by atoms with E-state index in [-0.39, 0.29) is 16.2 Å². The van der Waals surface area contributed by atoms with Crippen LogP contribution in [-0.4, -0.2) is 30.8 Å². The minimum atomic E-state index is -4.78. The molecule has 13 heteroatoms. The minimum absolute atomic E-state index is 0.0244. The molecule has 2 aromatic carbocycles. The molecular formula is C18H13F3N6O3S. The van der Waals surface area contributed by atoms with E-state index in [4.69, 9.17) is 5.41 Å². The Morgan fingerprint density at radius 2 is 1.90 bits per heavy atom. The Balaban J connectivity index is 1.50. The van der Waals surface area contributed by atoms with E-state index < -0.39 is 11.3 Å². The molecule has 9 nitrogen and oxygen atoms in total. The molecule has 160 valence electrons. The van der Waals surface area contributed by atoms with Gasteiger partial charge >= 0.3 is 6.36 Å². The Kier molecular flexibility index (Phi) is 5.19. The molecule has 0 amide bonds. The van der Waals surface area contributed by atoms with Crippen LogP contribution in [0.25, 0.3) is 21.5 Å². The SMILES string of the molecule is N=c1sc2cc(OC(F)(F)F)ccc2n1CCn1cc(-c2ccc([N+](=O)[O-])cc2)nn1. The summed E-state index contributed by atoms with van der Waals surface area (Å²) >= 11 is 1.04. The molecule has 0 unspecified atom stereocenters. The Labute approximate surface area is 175 Å². The normalized spacial score (nSPS) is 11.7. The Morgan fingerprint density at radius 1 is 1.16 bits per heavy atom. The van der Waals surface area contributed by atoms with Gasteiger partial charge in [-0.1, -0.05) is 16.6 Å². The van der Waals surface area contributed by atoms with Gasteiger partial charge in [0.25, 0.3) is 5.69 Å². The lowest BCUT2D eigenvalue weighted by Crippen LogP contribution is -2.17. The number of aromatic nitrogens is 4. The maximum Gasteiger partial charge on any atom is 0.573 e. The second kappa shape index (κ2) is 7.83. The monoisotopic (exact) mass is 450 g/mol. The summed E-state index contributed by atoms with van der Waals surface area (Å²) in [6, 6.07) is 9.86. The largest absolute Gasteiger partial charge is 0.573 e. The molecule has 0 fully saturated rings. The van der Waals surface area contributed by atoms with Crippen LogP contribution in [0.3, 0.4) is 0 Å². The van der Waals surface area contributed by atoms with Crippen molar-refractivity contribution in [2.75, 3.05) is 0 Å². The van der Waals surface area contributed by atoms with Crippen molar-refractivity contribution in [2.45, 2.75) is 19.5 Å². The van der Waals surface area contributed by atoms with Crippen molar-refractivity contribution in [3.05, 3.63) is 63.6 Å². The number of halogens is 3. The van der Waals surface area contributed by atoms with Gasteiger partial charge in [-0.05, 0) is 30.3 Å². The van der Waals surface area contributed by atoms with E-state index in [0.29, 0.717) is 34.6 Å². The predicted molar refractivity (Wildman–Crippen MR) is 104 cm³/mol. The van der Waals surface area contributed by atoms with E-state index in [9.17, 15) is 23.3 Å². The van der Waals surface area contributed by atoms with E-state index in [0.717, 1.165) is 11.3 Å². The lowest BCUT2D eigenvalue weighted by atomic mass is 10.1. The van der Waals surface area contributed by atoms with E-state index >= 15 is 0 Å². The number of fused-ring (bicyclic) bond motifs is 1. The topological polar surface area (TPSA) is 112 Å². The van der Waals surface area contributed by atoms with Gasteiger partial charge in [0.05, 0.1) is 27.9 Å². The molecule has 0 saturated heterocycles. The molecule has 1 N–H and O–H groups in total. The van der Waals surface area contributed by atoms with Gasteiger partial charge in [0.2, 0.25) is 0 Å². The summed E-state index contributed by atoms with van der Waals surface area (Å²) in [5, 5.41) is 27.0. The highest BCUT2D eigenvalue weighted by Gasteiger charge is 2.31. The van der Waals surface area contributed by atoms with E-state index in [2.05, 4.69) is 15.0 Å². The maximum absolute atomic E-state index is 12.4. The number of nitro groups is 1. The van der Waals surface area contributed by atoms with Crippen LogP contribution in [0.2, 0.25) is 0 Å². The van der Waals surface area contributed by atoms with Crippen molar-refractivity contribution in [1.82, 2.24) is 19.6 Å². The van der Waals surface area contributed by atoms with Gasteiger partial charge in [-0.25, -0.2) is 0 Å². The number of aryl methyl sites for hydroxylation is 2. The number of nitro benzene ring substituents is 1. The fourth-order valence-electron chi connectivity index (χ4n) is 2.98. The number of ether oxygens (including phenoxy) is 1. The molecule has 0 aliphatic rings. The third kappa shape index (κ3) is 4.55. The first-order chi connectivity index (χ1) is 14.7. The predicted octanol–water partition coefficient (Wildman–Crippen LogP) is 3.95. The van der Waals surface area contributed by atoms with Crippen LogP contribution >= 0.6 is 11.3 Å². The van der Waals surface area contributed by atoms with Crippen molar-refractivity contribution < 1.29 is 22.8 Å². The number of benzene rings is 2. The number of nitrogens with one attached hydrogen (secondary N) is 1. The van der Waals surface area contributed by atoms with Crippen molar-refractivity contribution in [3.8, 4) is 17.0 Å². The summed E-state index contributed by atoms with van der Waals surface area (Å²) in [4.78, 5) is 10.4. The summed E-state index contributed by atoms with van der Waals surface area (Å²) in [6.07, 6.45) is -3.10. The van der Waals surface area contributed by atoms with Gasteiger partial charge in [0.15, 0.2) is 4.80 Å². The van der Waals surface area contributed by atoms with Crippen LogP contribution < -0.4 is 9.54 Å². The summed E-state index contributed by atoms with van der Waals surface area (Å²) in [5.74, 6) is -0.336. The fraction of sp³-hybridized carbons (Fsp3) is 0.167. The quantitative estimate of drug-likeness (QED) is 0.353. The van der Waals surface area contributed by atoms with Crippen molar-refractivity contribution in [3.63, 3.8) is 0 Å². The molecule has 31 heavy (non-hydrogen) atoms.